The maximum absolute atomic E-state index is 13.5. The van der Waals surface area contributed by atoms with Crippen LogP contribution in [-0.2, 0) is 6.18 Å². The number of aryl methyl sites for hydroxylation is 3. The first-order valence-corrected chi connectivity index (χ1v) is 10.4. The fraction of sp³-hybridized carbons (Fsp3) is 0.167. The van der Waals surface area contributed by atoms with Crippen LogP contribution in [0.2, 0.25) is 0 Å². The lowest BCUT2D eigenvalue weighted by Gasteiger charge is -2.14. The molecule has 2 aromatic carbocycles. The van der Waals surface area contributed by atoms with Crippen LogP contribution in [0.1, 0.15) is 43.4 Å². The van der Waals surface area contributed by atoms with Crippen LogP contribution in [0.15, 0.2) is 59.5 Å². The highest BCUT2D eigenvalue weighted by molar-refractivity contribution is 6.06. The lowest BCUT2D eigenvalue weighted by Crippen LogP contribution is -2.16. The van der Waals surface area contributed by atoms with Gasteiger partial charge in [0.2, 0.25) is 0 Å². The molecule has 0 bridgehead atoms. The van der Waals surface area contributed by atoms with Crippen LogP contribution in [0.5, 0.6) is 0 Å². The molecule has 2 aromatic heterocycles. The number of hydrogen-bond donors (Lipinski definition) is 2. The van der Waals surface area contributed by atoms with E-state index in [2.05, 4.69) is 20.8 Å². The van der Waals surface area contributed by atoms with Gasteiger partial charge in [0, 0.05) is 34.9 Å². The summed E-state index contributed by atoms with van der Waals surface area (Å²) in [6.45, 7) is 5.11. The molecule has 0 fully saturated rings. The number of nitrogens with one attached hydrogen (secondary N) is 2. The molecule has 0 saturated carbocycles. The van der Waals surface area contributed by atoms with Crippen LogP contribution in [0.4, 0.5) is 24.5 Å². The monoisotopic (exact) mass is 483 g/mol. The maximum atomic E-state index is 13.5. The second kappa shape index (κ2) is 9.09. The van der Waals surface area contributed by atoms with Gasteiger partial charge in [-0.15, -0.1) is 0 Å². The normalized spacial score (nSPS) is 11.4. The summed E-state index contributed by atoms with van der Waals surface area (Å²) in [4.78, 5) is 29.3. The van der Waals surface area contributed by atoms with Gasteiger partial charge in [-0.2, -0.15) is 13.2 Å². The molecular formula is C24H20F3N5O3. The van der Waals surface area contributed by atoms with E-state index in [1.54, 1.807) is 39.1 Å². The zero-order valence-electron chi connectivity index (χ0n) is 18.9. The number of anilines is 2. The molecule has 4 aromatic rings. The standard InChI is InChI=1S/C24H20F3N5O3/c1-13-4-5-18(10-20(13)30-23(34)21-6-15(3)35-31-21)29-22(33)16-7-17(24(25,26)27)9-19(8-16)32-11-14(2)28-12-32/h4-12H,1-3H3,(H,29,33)(H,30,34). The molecule has 0 aliphatic heterocycles. The molecule has 0 aliphatic carbocycles. The van der Waals surface area contributed by atoms with Crippen molar-refractivity contribution in [2.45, 2.75) is 26.9 Å². The van der Waals surface area contributed by atoms with Gasteiger partial charge in [-0.05, 0) is 56.7 Å². The Labute approximate surface area is 197 Å². The zero-order valence-corrected chi connectivity index (χ0v) is 18.9. The average molecular weight is 483 g/mol. The first kappa shape index (κ1) is 23.7. The van der Waals surface area contributed by atoms with Crippen molar-refractivity contribution >= 4 is 23.2 Å². The molecule has 2 heterocycles. The highest BCUT2D eigenvalue weighted by atomic mass is 19.4. The zero-order chi connectivity index (χ0) is 25.3. The highest BCUT2D eigenvalue weighted by Gasteiger charge is 2.32. The summed E-state index contributed by atoms with van der Waals surface area (Å²) in [6, 6.07) is 9.29. The highest BCUT2D eigenvalue weighted by Crippen LogP contribution is 2.32. The maximum Gasteiger partial charge on any atom is 0.416 e. The lowest BCUT2D eigenvalue weighted by atomic mass is 10.1. The molecule has 0 radical (unpaired) electrons. The Hall–Kier alpha value is -4.41. The predicted molar refractivity (Wildman–Crippen MR) is 122 cm³/mol. The van der Waals surface area contributed by atoms with Gasteiger partial charge < -0.3 is 19.7 Å². The second-order valence-electron chi connectivity index (χ2n) is 7.95. The van der Waals surface area contributed by atoms with Crippen LogP contribution in [0, 0.1) is 20.8 Å². The first-order chi connectivity index (χ1) is 16.5. The van der Waals surface area contributed by atoms with Gasteiger partial charge in [0.25, 0.3) is 11.8 Å². The van der Waals surface area contributed by atoms with E-state index in [1.165, 1.54) is 29.1 Å². The minimum absolute atomic E-state index is 0.0857. The summed E-state index contributed by atoms with van der Waals surface area (Å²) in [5, 5.41) is 8.93. The van der Waals surface area contributed by atoms with Crippen molar-refractivity contribution in [1.29, 1.82) is 0 Å². The smallest absolute Gasteiger partial charge is 0.361 e. The molecule has 2 amide bonds. The number of hydrogen-bond acceptors (Lipinski definition) is 5. The van der Waals surface area contributed by atoms with E-state index in [0.29, 0.717) is 22.7 Å². The third-order valence-corrected chi connectivity index (χ3v) is 5.12. The van der Waals surface area contributed by atoms with Crippen LogP contribution in [-0.4, -0.2) is 26.5 Å². The topological polar surface area (TPSA) is 102 Å². The lowest BCUT2D eigenvalue weighted by molar-refractivity contribution is -0.137. The second-order valence-corrected chi connectivity index (χ2v) is 7.95. The summed E-state index contributed by atoms with van der Waals surface area (Å²) < 4.78 is 46.8. The van der Waals surface area contributed by atoms with Crippen molar-refractivity contribution in [3.05, 3.63) is 88.8 Å². The van der Waals surface area contributed by atoms with E-state index < -0.39 is 23.6 Å². The number of carbonyl (C=O) groups is 2. The Morgan fingerprint density at radius 2 is 1.74 bits per heavy atom. The minimum atomic E-state index is -4.65. The number of alkyl halides is 3. The van der Waals surface area contributed by atoms with Crippen molar-refractivity contribution in [1.82, 2.24) is 14.7 Å². The SMILES string of the molecule is Cc1cn(-c2cc(C(=O)Nc3ccc(C)c(NC(=O)c4cc(C)on4)c3)cc(C(F)(F)F)c2)cn1. The molecular weight excluding hydrogens is 463 g/mol. The first-order valence-electron chi connectivity index (χ1n) is 10.4. The van der Waals surface area contributed by atoms with E-state index in [0.717, 1.165) is 12.1 Å². The van der Waals surface area contributed by atoms with Gasteiger partial charge in [0.1, 0.15) is 5.76 Å². The molecule has 0 atom stereocenters. The molecule has 35 heavy (non-hydrogen) atoms. The number of benzene rings is 2. The van der Waals surface area contributed by atoms with E-state index in [4.69, 9.17) is 4.52 Å². The van der Waals surface area contributed by atoms with E-state index in [1.807, 2.05) is 0 Å². The Morgan fingerprint density at radius 1 is 0.971 bits per heavy atom. The van der Waals surface area contributed by atoms with Crippen molar-refractivity contribution in [2.75, 3.05) is 10.6 Å². The Morgan fingerprint density at radius 3 is 2.37 bits per heavy atom. The molecule has 8 nitrogen and oxygen atoms in total. The van der Waals surface area contributed by atoms with Gasteiger partial charge in [-0.1, -0.05) is 11.2 Å². The summed E-state index contributed by atoms with van der Waals surface area (Å²) in [6.07, 6.45) is -1.72. The van der Waals surface area contributed by atoms with Gasteiger partial charge in [-0.3, -0.25) is 9.59 Å². The number of halogens is 3. The fourth-order valence-corrected chi connectivity index (χ4v) is 3.31. The molecule has 0 unspecified atom stereocenters. The number of carbonyl (C=O) groups excluding carboxylic acids is 2. The Bertz CT molecular complexity index is 1420. The Balaban J connectivity index is 1.61. The van der Waals surface area contributed by atoms with Crippen LogP contribution in [0.25, 0.3) is 5.69 Å². The van der Waals surface area contributed by atoms with Crippen LogP contribution >= 0.6 is 0 Å². The number of nitrogens with zero attached hydrogens (tertiary/aromatic N) is 3. The van der Waals surface area contributed by atoms with Crippen LogP contribution < -0.4 is 10.6 Å². The van der Waals surface area contributed by atoms with Gasteiger partial charge in [0.15, 0.2) is 5.69 Å². The predicted octanol–water partition coefficient (Wildman–Crippen LogP) is 5.31. The van der Waals surface area contributed by atoms with Gasteiger partial charge in [0.05, 0.1) is 17.6 Å². The summed E-state index contributed by atoms with van der Waals surface area (Å²) in [7, 11) is 0. The molecule has 0 saturated heterocycles. The number of rotatable bonds is 5. The minimum Gasteiger partial charge on any atom is -0.361 e. The van der Waals surface area contributed by atoms with Gasteiger partial charge >= 0.3 is 6.18 Å². The molecule has 11 heteroatoms. The molecule has 4 rings (SSSR count). The molecule has 2 N–H and O–H groups in total. The van der Waals surface area contributed by atoms with E-state index in [-0.39, 0.29) is 22.6 Å². The quantitative estimate of drug-likeness (QED) is 0.401. The van der Waals surface area contributed by atoms with Crippen molar-refractivity contribution in [2.24, 2.45) is 0 Å². The molecule has 180 valence electrons. The number of amides is 2. The number of imidazole rings is 1. The summed E-state index contributed by atoms with van der Waals surface area (Å²) in [5.41, 5.74) is 1.07. The van der Waals surface area contributed by atoms with Crippen LogP contribution in [0.3, 0.4) is 0 Å². The summed E-state index contributed by atoms with van der Waals surface area (Å²) in [5.74, 6) is -0.784. The van der Waals surface area contributed by atoms with Crippen molar-refractivity contribution in [3.8, 4) is 5.69 Å². The largest absolute Gasteiger partial charge is 0.416 e. The third-order valence-electron chi connectivity index (χ3n) is 5.12. The number of aromatic nitrogens is 3. The van der Waals surface area contributed by atoms with E-state index >= 15 is 0 Å². The van der Waals surface area contributed by atoms with Gasteiger partial charge in [-0.25, -0.2) is 4.98 Å². The van der Waals surface area contributed by atoms with Crippen molar-refractivity contribution < 1.29 is 27.3 Å². The molecule has 0 aliphatic rings. The van der Waals surface area contributed by atoms with Crippen molar-refractivity contribution in [3.63, 3.8) is 0 Å². The fourth-order valence-electron chi connectivity index (χ4n) is 3.31. The molecule has 0 spiro atoms. The van der Waals surface area contributed by atoms with E-state index in [9.17, 15) is 22.8 Å². The Kier molecular flexibility index (Phi) is 6.16. The average Bonchev–Trinajstić information content (AvgIpc) is 3.43. The summed E-state index contributed by atoms with van der Waals surface area (Å²) >= 11 is 0. The third kappa shape index (κ3) is 5.40.